The van der Waals surface area contributed by atoms with Crippen molar-refractivity contribution < 1.29 is 210 Å². The van der Waals surface area contributed by atoms with Crippen LogP contribution in [0.25, 0.3) is 0 Å². The number of nitrogens with zero attached hydrogens (tertiary/aromatic N) is 4. The van der Waals surface area contributed by atoms with Gasteiger partial charge in [-0.1, -0.05) is 0 Å². The van der Waals surface area contributed by atoms with Crippen molar-refractivity contribution in [3.05, 3.63) is 0 Å². The molecule has 0 aromatic rings. The first kappa shape index (κ1) is 114. The maximum absolute atomic E-state index is 14.4. The molecular formula is C76H113N7O44. The smallest absolute Gasteiger partial charge is 0.303 e. The Morgan fingerprint density at radius 1 is 0.236 bits per heavy atom. The van der Waals surface area contributed by atoms with Crippen molar-refractivity contribution in [2.45, 2.75) is 236 Å². The Kier molecular flexibility index (Phi) is 53.8. The molecule has 0 spiro atoms. The molecule has 51 heteroatoms. The van der Waals surface area contributed by atoms with Crippen molar-refractivity contribution in [3.8, 4) is 0 Å². The third kappa shape index (κ3) is 52.5. The molecule has 127 heavy (non-hydrogen) atoms. The van der Waals surface area contributed by atoms with Crippen LogP contribution < -0.4 is 16.0 Å². The van der Waals surface area contributed by atoms with E-state index in [1.54, 1.807) is 0 Å². The zero-order chi connectivity index (χ0) is 97.2. The molecule has 0 aliphatic carbocycles. The quantitative estimate of drug-likeness (QED) is 0.0130. The first-order chi connectivity index (χ1) is 59.1. The van der Waals surface area contributed by atoms with Gasteiger partial charge in [-0.2, -0.15) is 0 Å². The van der Waals surface area contributed by atoms with E-state index in [1.807, 2.05) is 0 Å². The zero-order valence-corrected chi connectivity index (χ0v) is 73.9. The van der Waals surface area contributed by atoms with Gasteiger partial charge >= 0.3 is 119 Å². The summed E-state index contributed by atoms with van der Waals surface area (Å²) in [5.41, 5.74) is 0. The van der Waals surface area contributed by atoms with Crippen LogP contribution in [0.15, 0.2) is 9.98 Å². The number of carbonyl (C=O) groups excluding carboxylic acids is 22. The lowest BCUT2D eigenvalue weighted by Gasteiger charge is -2.35. The number of ether oxygens (including phenoxy) is 20. The number of aliphatic hydroxyl groups excluding tert-OH is 2. The largest absolute Gasteiger partial charge is 0.496 e. The highest BCUT2D eigenvalue weighted by molar-refractivity contribution is 5.82. The number of carbonyl (C=O) groups is 22. The number of nitrogens with one attached hydrogen (secondary N) is 3. The summed E-state index contributed by atoms with van der Waals surface area (Å²) in [6.45, 7) is 6.06. The van der Waals surface area contributed by atoms with Crippen molar-refractivity contribution in [2.24, 2.45) is 9.98 Å². The molecule has 0 aromatic heterocycles. The van der Waals surface area contributed by atoms with E-state index in [9.17, 15) is 116 Å². The number of amides is 2. The maximum atomic E-state index is 14.4. The molecule has 0 aliphatic heterocycles. The van der Waals surface area contributed by atoms with Crippen LogP contribution in [-0.2, 0) is 200 Å². The van der Waals surface area contributed by atoms with Gasteiger partial charge in [0.1, 0.15) is 26.4 Å². The SMILES string of the molecule is CC(=O)OCC(OC(C)=O)C(OC(C)=O)C(OC(C)=O)C(CN=C(O)CN(CCNCCN(CC(=O)NCC(OC(C)=O)C(OC(C)=O)C(OC(C)=O)C(COC(C)=O)OC(C)=O)CC(=O)NCC(OC(C)=O)C(OC(C)=O)C(OC(C)=O)C(COC(C)=O)OC(C)=O)CC(O)=NCC(OC(C)=O)C(OC(C)=O)C(OC(C)=O)C(COC(C)=O)OC(C)=O)OC(C)=O. The van der Waals surface area contributed by atoms with Gasteiger partial charge in [0.25, 0.3) is 0 Å². The molecule has 0 fully saturated rings. The summed E-state index contributed by atoms with van der Waals surface area (Å²) >= 11 is 0. The van der Waals surface area contributed by atoms with Crippen molar-refractivity contribution in [1.29, 1.82) is 0 Å². The second kappa shape index (κ2) is 59.9. The normalized spacial score (nSPS) is 15.0. The van der Waals surface area contributed by atoms with Crippen LogP contribution in [0.3, 0.4) is 0 Å². The fraction of sp³-hybridized carbons (Fsp3) is 0.684. The minimum absolute atomic E-state index is 0.316. The molecule has 0 saturated carbocycles. The molecular weight excluding hydrogens is 1710 g/mol. The van der Waals surface area contributed by atoms with E-state index in [-0.39, 0.29) is 13.1 Å². The van der Waals surface area contributed by atoms with Gasteiger partial charge < -0.3 is 121 Å². The van der Waals surface area contributed by atoms with E-state index in [0.29, 0.717) is 0 Å². The number of rotatable bonds is 58. The van der Waals surface area contributed by atoms with E-state index >= 15 is 0 Å². The average molecular weight is 1830 g/mol. The minimum atomic E-state index is -2.02. The van der Waals surface area contributed by atoms with Crippen LogP contribution in [0.1, 0.15) is 138 Å². The van der Waals surface area contributed by atoms with Crippen LogP contribution in [0, 0.1) is 0 Å². The highest BCUT2D eigenvalue weighted by atomic mass is 16.7. The average Bonchev–Trinajstić information content (AvgIpc) is 0.842. The summed E-state index contributed by atoms with van der Waals surface area (Å²) in [6, 6.07) is 0. The third-order valence-electron chi connectivity index (χ3n) is 15.6. The predicted molar refractivity (Wildman–Crippen MR) is 417 cm³/mol. The van der Waals surface area contributed by atoms with E-state index in [2.05, 4.69) is 25.9 Å². The minimum Gasteiger partial charge on any atom is -0.496 e. The molecule has 5 N–H and O–H groups in total. The molecule has 0 radical (unpaired) electrons. The number of esters is 20. The Balaban J connectivity index is 8.86. The standard InChI is InChI=1S/C76H113N7O44/c1-37(84)108-33-61(116-45(9)92)73(124-53(17)100)69(120-49(13)96)57(112-41(5)88)25-78-65(104)29-82(30-66(105)79-26-58(113-42(6)89)70(121-50(14)97)74(125-54(18)101)62(117-46(10)93)34-109-38(2)85)23-21-77-22-24-83(31-67(106)80-27-59(114-43(7)90)71(122-51(15)98)75(126-55(19)102)63(118-47(11)94)35-110-39(3)86)32-68(107)81-28-60(115-44(8)91)72(123-52(16)99)76(127-56(20)103)64(119-48(12)95)36-111-40(4)87/h57-64,69-77H,21-36H2,1-20H3,(H,78,104)(H,79,105)(H,80,106)(H,81,107). The summed E-state index contributed by atoms with van der Waals surface area (Å²) < 4.78 is 107. The molecule has 16 unspecified atom stereocenters. The van der Waals surface area contributed by atoms with E-state index in [1.165, 1.54) is 0 Å². The fourth-order valence-corrected chi connectivity index (χ4v) is 11.4. The Bertz CT molecular complexity index is 3630. The Morgan fingerprint density at radius 2 is 0.409 bits per heavy atom. The monoisotopic (exact) mass is 1830 g/mol. The first-order valence-corrected chi connectivity index (χ1v) is 38.5. The molecule has 0 heterocycles. The molecule has 51 nitrogen and oxygen atoms in total. The lowest BCUT2D eigenvalue weighted by Crippen LogP contribution is -2.56. The van der Waals surface area contributed by atoms with Crippen LogP contribution in [0.4, 0.5) is 0 Å². The second-order valence-electron chi connectivity index (χ2n) is 27.3. The lowest BCUT2D eigenvalue weighted by molar-refractivity contribution is -0.202. The maximum Gasteiger partial charge on any atom is 0.303 e. The molecule has 16 atom stereocenters. The van der Waals surface area contributed by atoms with Gasteiger partial charge in [0, 0.05) is 165 Å². The van der Waals surface area contributed by atoms with Crippen molar-refractivity contribution in [1.82, 2.24) is 25.8 Å². The fourth-order valence-electron chi connectivity index (χ4n) is 11.4. The molecule has 2 amide bonds. The van der Waals surface area contributed by atoms with Crippen molar-refractivity contribution >= 4 is 143 Å². The predicted octanol–water partition coefficient (Wildman–Crippen LogP) is -3.52. The van der Waals surface area contributed by atoms with Crippen LogP contribution in [0.5, 0.6) is 0 Å². The molecule has 0 bridgehead atoms. The second-order valence-corrected chi connectivity index (χ2v) is 27.3. The van der Waals surface area contributed by atoms with E-state index in [0.717, 1.165) is 148 Å². The van der Waals surface area contributed by atoms with E-state index < -0.39 is 333 Å². The van der Waals surface area contributed by atoms with Gasteiger partial charge in [0.2, 0.25) is 11.8 Å². The summed E-state index contributed by atoms with van der Waals surface area (Å²) in [7, 11) is 0. The number of aliphatic hydroxyl groups is 2. The Hall–Kier alpha value is -12.8. The Morgan fingerprint density at radius 3 is 0.606 bits per heavy atom. The topological polar surface area (TPSA) is 668 Å². The Labute approximate surface area is 727 Å². The molecule has 716 valence electrons. The van der Waals surface area contributed by atoms with Gasteiger partial charge in [-0.25, -0.2) is 0 Å². The summed E-state index contributed by atoms with van der Waals surface area (Å²) in [5.74, 6) is -25.5. The van der Waals surface area contributed by atoms with Gasteiger partial charge in [0.15, 0.2) is 109 Å². The van der Waals surface area contributed by atoms with Crippen LogP contribution in [0.2, 0.25) is 0 Å². The number of hydrogen-bond acceptors (Lipinski definition) is 47. The zero-order valence-electron chi connectivity index (χ0n) is 73.9. The first-order valence-electron chi connectivity index (χ1n) is 38.5. The molecule has 0 aliphatic rings. The molecule has 0 rings (SSSR count). The van der Waals surface area contributed by atoms with Gasteiger partial charge in [0.05, 0.1) is 52.4 Å². The highest BCUT2D eigenvalue weighted by Crippen LogP contribution is 2.26. The lowest BCUT2D eigenvalue weighted by atomic mass is 10.0. The number of hydrogen-bond donors (Lipinski definition) is 5. The van der Waals surface area contributed by atoms with Crippen molar-refractivity contribution in [3.63, 3.8) is 0 Å². The van der Waals surface area contributed by atoms with Gasteiger partial charge in [-0.15, -0.1) is 0 Å². The van der Waals surface area contributed by atoms with Crippen LogP contribution in [-0.4, -0.2) is 366 Å². The van der Waals surface area contributed by atoms with Crippen LogP contribution >= 0.6 is 0 Å². The molecule has 0 aromatic carbocycles. The molecule has 0 saturated heterocycles. The third-order valence-corrected chi connectivity index (χ3v) is 15.6. The summed E-state index contributed by atoms with van der Waals surface area (Å²) in [5, 5.41) is 31.4. The van der Waals surface area contributed by atoms with Crippen molar-refractivity contribution in [2.75, 3.05) is 105 Å². The highest BCUT2D eigenvalue weighted by Gasteiger charge is 2.49. The van der Waals surface area contributed by atoms with E-state index in [4.69, 9.17) is 94.7 Å². The summed E-state index contributed by atoms with van der Waals surface area (Å²) in [4.78, 5) is 291. The number of aliphatic imine (C=N–C) groups is 2. The summed E-state index contributed by atoms with van der Waals surface area (Å²) in [6.07, 6.45) is -30.8. The van der Waals surface area contributed by atoms with Gasteiger partial charge in [-0.05, 0) is 0 Å². The van der Waals surface area contributed by atoms with Gasteiger partial charge in [-0.3, -0.25) is 125 Å².